The van der Waals surface area contributed by atoms with Gasteiger partial charge in [0.2, 0.25) is 7.37 Å². The molecule has 0 aromatic heterocycles. The molecule has 2 aromatic rings. The van der Waals surface area contributed by atoms with Gasteiger partial charge in [-0.1, -0.05) is 65.8 Å². The van der Waals surface area contributed by atoms with E-state index < -0.39 is 15.7 Å². The summed E-state index contributed by atoms with van der Waals surface area (Å²) in [4.78, 5) is 9.71. The molecule has 31 heavy (non-hydrogen) atoms. The van der Waals surface area contributed by atoms with Gasteiger partial charge in [-0.05, 0) is 76.8 Å². The van der Waals surface area contributed by atoms with Crippen LogP contribution in [0, 0.1) is 13.8 Å². The first-order chi connectivity index (χ1) is 14.3. The Morgan fingerprint density at radius 1 is 0.871 bits per heavy atom. The SMILES string of the molecule is Cc1cc(CP(C)(=O)O)cc(C)c1Cc1ccc(O[Si](C(C)C)(C(C)C)C(C)C)cc1. The maximum absolute atomic E-state index is 11.8. The molecule has 0 saturated heterocycles. The predicted molar refractivity (Wildman–Crippen MR) is 136 cm³/mol. The molecule has 2 rings (SSSR count). The van der Waals surface area contributed by atoms with E-state index in [-0.39, 0.29) is 6.16 Å². The normalized spacial score (nSPS) is 14.4. The predicted octanol–water partition coefficient (Wildman–Crippen LogP) is 7.85. The molecular formula is C26H41O3PSi. The van der Waals surface area contributed by atoms with Crippen molar-refractivity contribution in [3.63, 3.8) is 0 Å². The van der Waals surface area contributed by atoms with E-state index in [1.807, 2.05) is 0 Å². The molecule has 172 valence electrons. The summed E-state index contributed by atoms with van der Waals surface area (Å²) in [5.41, 5.74) is 7.48. The van der Waals surface area contributed by atoms with Crippen molar-refractivity contribution in [2.45, 2.75) is 84.6 Å². The smallest absolute Gasteiger partial charge is 0.258 e. The number of hydrogen-bond acceptors (Lipinski definition) is 2. The number of hydrogen-bond donors (Lipinski definition) is 1. The number of benzene rings is 2. The van der Waals surface area contributed by atoms with Crippen LogP contribution in [0.25, 0.3) is 0 Å². The molecule has 0 aliphatic rings. The van der Waals surface area contributed by atoms with Gasteiger partial charge in [-0.25, -0.2) is 0 Å². The van der Waals surface area contributed by atoms with E-state index in [0.717, 1.165) is 17.7 Å². The second-order valence-corrected chi connectivity index (χ2v) is 18.0. The Labute approximate surface area is 190 Å². The van der Waals surface area contributed by atoms with Crippen LogP contribution in [0.5, 0.6) is 5.75 Å². The summed E-state index contributed by atoms with van der Waals surface area (Å²) in [5, 5.41) is 0. The molecule has 3 nitrogen and oxygen atoms in total. The summed E-state index contributed by atoms with van der Waals surface area (Å²) in [6.45, 7) is 19.5. The molecule has 0 spiro atoms. The summed E-state index contributed by atoms with van der Waals surface area (Å²) in [6, 6.07) is 12.7. The molecule has 0 saturated carbocycles. The summed E-state index contributed by atoms with van der Waals surface area (Å²) >= 11 is 0. The minimum Gasteiger partial charge on any atom is -0.543 e. The molecule has 0 radical (unpaired) electrons. The fraction of sp³-hybridized carbons (Fsp3) is 0.538. The highest BCUT2D eigenvalue weighted by molar-refractivity contribution is 7.56. The van der Waals surface area contributed by atoms with Crippen LogP contribution in [0.2, 0.25) is 16.6 Å². The zero-order chi connectivity index (χ0) is 23.6. The Morgan fingerprint density at radius 2 is 1.32 bits per heavy atom. The standard InChI is InChI=1S/C26H41O3PSi/c1-18(2)31(19(3)4,20(5)6)29-25-12-10-23(11-13-25)16-26-21(7)14-24(15-22(26)8)17-30(9,27)28/h10-15,18-20H,16-17H2,1-9H3,(H,27,28). The second-order valence-electron chi connectivity index (χ2n) is 10.2. The Hall–Kier alpha value is -1.35. The van der Waals surface area contributed by atoms with Crippen LogP contribution in [-0.4, -0.2) is 19.9 Å². The fourth-order valence-corrected chi connectivity index (χ4v) is 11.3. The third kappa shape index (κ3) is 6.34. The van der Waals surface area contributed by atoms with Crippen molar-refractivity contribution < 1.29 is 13.9 Å². The van der Waals surface area contributed by atoms with Gasteiger partial charge in [0.1, 0.15) is 5.75 Å². The maximum atomic E-state index is 11.8. The van der Waals surface area contributed by atoms with Gasteiger partial charge in [0.25, 0.3) is 8.32 Å². The average Bonchev–Trinajstić information content (AvgIpc) is 2.61. The van der Waals surface area contributed by atoms with E-state index in [0.29, 0.717) is 16.6 Å². The quantitative estimate of drug-likeness (QED) is 0.306. The first-order valence-corrected chi connectivity index (χ1v) is 15.9. The summed E-state index contributed by atoms with van der Waals surface area (Å²) in [7, 11) is -5.01. The molecule has 0 aliphatic heterocycles. The Bertz CT molecular complexity index is 881. The third-order valence-corrected chi connectivity index (χ3v) is 13.5. The van der Waals surface area contributed by atoms with Gasteiger partial charge in [-0.3, -0.25) is 4.57 Å². The van der Waals surface area contributed by atoms with Crippen LogP contribution in [-0.2, 0) is 17.1 Å². The lowest BCUT2D eigenvalue weighted by atomic mass is 9.94. The third-order valence-electron chi connectivity index (χ3n) is 6.54. The highest BCUT2D eigenvalue weighted by Crippen LogP contribution is 2.43. The van der Waals surface area contributed by atoms with E-state index in [1.54, 1.807) is 0 Å². The van der Waals surface area contributed by atoms with Gasteiger partial charge in [-0.15, -0.1) is 0 Å². The Morgan fingerprint density at radius 3 is 1.71 bits per heavy atom. The molecule has 1 N–H and O–H groups in total. The molecule has 2 aromatic carbocycles. The van der Waals surface area contributed by atoms with Gasteiger partial charge in [0.05, 0.1) is 0 Å². The van der Waals surface area contributed by atoms with E-state index in [9.17, 15) is 9.46 Å². The van der Waals surface area contributed by atoms with Crippen molar-refractivity contribution in [2.75, 3.05) is 6.66 Å². The van der Waals surface area contributed by atoms with Crippen molar-refractivity contribution in [2.24, 2.45) is 0 Å². The molecule has 0 amide bonds. The van der Waals surface area contributed by atoms with Crippen LogP contribution >= 0.6 is 7.37 Å². The molecule has 5 heteroatoms. The van der Waals surface area contributed by atoms with Crippen LogP contribution in [0.3, 0.4) is 0 Å². The number of aryl methyl sites for hydroxylation is 2. The molecule has 1 atom stereocenters. The lowest BCUT2D eigenvalue weighted by Gasteiger charge is -2.42. The molecule has 1 unspecified atom stereocenters. The lowest BCUT2D eigenvalue weighted by molar-refractivity contribution is 0.479. The topological polar surface area (TPSA) is 46.5 Å². The summed E-state index contributed by atoms with van der Waals surface area (Å²) in [5.74, 6) is 0.983. The van der Waals surface area contributed by atoms with Crippen molar-refractivity contribution in [3.8, 4) is 5.75 Å². The summed E-state index contributed by atoms with van der Waals surface area (Å²) < 4.78 is 18.6. The zero-order valence-electron chi connectivity index (χ0n) is 20.8. The van der Waals surface area contributed by atoms with Gasteiger partial charge in [0, 0.05) is 12.8 Å². The second kappa shape index (κ2) is 10.1. The zero-order valence-corrected chi connectivity index (χ0v) is 22.7. The van der Waals surface area contributed by atoms with Crippen LogP contribution in [0.1, 0.15) is 69.4 Å². The highest BCUT2D eigenvalue weighted by atomic mass is 31.2. The first-order valence-electron chi connectivity index (χ1n) is 11.4. The van der Waals surface area contributed by atoms with Gasteiger partial charge < -0.3 is 9.32 Å². The van der Waals surface area contributed by atoms with Crippen LogP contribution in [0.4, 0.5) is 0 Å². The minimum absolute atomic E-state index is 0.230. The molecule has 0 heterocycles. The van der Waals surface area contributed by atoms with Crippen LogP contribution in [0.15, 0.2) is 36.4 Å². The van der Waals surface area contributed by atoms with E-state index in [1.165, 1.54) is 28.9 Å². The van der Waals surface area contributed by atoms with Crippen LogP contribution < -0.4 is 4.43 Å². The van der Waals surface area contributed by atoms with Crippen molar-refractivity contribution in [1.82, 2.24) is 0 Å². The van der Waals surface area contributed by atoms with Gasteiger partial charge >= 0.3 is 0 Å². The average molecular weight is 461 g/mol. The van der Waals surface area contributed by atoms with Crippen molar-refractivity contribution in [1.29, 1.82) is 0 Å². The van der Waals surface area contributed by atoms with Crippen molar-refractivity contribution >= 4 is 15.7 Å². The number of rotatable bonds is 9. The highest BCUT2D eigenvalue weighted by Gasteiger charge is 2.46. The molecule has 0 aliphatic carbocycles. The molecule has 0 fully saturated rings. The van der Waals surface area contributed by atoms with E-state index in [4.69, 9.17) is 4.43 Å². The van der Waals surface area contributed by atoms with E-state index >= 15 is 0 Å². The molecular weight excluding hydrogens is 419 g/mol. The Kier molecular flexibility index (Phi) is 8.41. The molecule has 0 bridgehead atoms. The monoisotopic (exact) mass is 460 g/mol. The Balaban J connectivity index is 2.24. The largest absolute Gasteiger partial charge is 0.543 e. The maximum Gasteiger partial charge on any atom is 0.258 e. The summed E-state index contributed by atoms with van der Waals surface area (Å²) in [6.07, 6.45) is 1.08. The van der Waals surface area contributed by atoms with E-state index in [2.05, 4.69) is 91.8 Å². The van der Waals surface area contributed by atoms with Gasteiger partial charge in [0.15, 0.2) is 0 Å². The lowest BCUT2D eigenvalue weighted by Crippen LogP contribution is -2.50. The van der Waals surface area contributed by atoms with Gasteiger partial charge in [-0.2, -0.15) is 0 Å². The minimum atomic E-state index is -3.06. The fourth-order valence-electron chi connectivity index (χ4n) is 5.23. The first kappa shape index (κ1) is 25.9. The van der Waals surface area contributed by atoms with Crippen molar-refractivity contribution in [3.05, 3.63) is 64.2 Å².